The number of nitrogens with two attached hydrogens (primary N) is 1. The standard InChI is InChI=1S/C8H12N2O/c1-8(2)4-5(8)6-3-7(9)10-11-6/h3,5H,4H2,1-2H3,(H2,9,10). The third-order valence-corrected chi connectivity index (χ3v) is 2.40. The molecule has 3 nitrogen and oxygen atoms in total. The van der Waals surface area contributed by atoms with Crippen molar-refractivity contribution in [1.29, 1.82) is 0 Å². The lowest BCUT2D eigenvalue weighted by atomic mass is 10.1. The molecule has 2 rings (SSSR count). The molecule has 0 saturated heterocycles. The van der Waals surface area contributed by atoms with Gasteiger partial charge in [0.05, 0.1) is 0 Å². The Balaban J connectivity index is 2.20. The van der Waals surface area contributed by atoms with Crippen molar-refractivity contribution >= 4 is 5.82 Å². The second-order valence-corrected chi connectivity index (χ2v) is 3.90. The van der Waals surface area contributed by atoms with E-state index < -0.39 is 0 Å². The van der Waals surface area contributed by atoms with E-state index in [4.69, 9.17) is 10.3 Å². The fourth-order valence-electron chi connectivity index (χ4n) is 1.42. The third-order valence-electron chi connectivity index (χ3n) is 2.40. The van der Waals surface area contributed by atoms with Crippen LogP contribution < -0.4 is 5.73 Å². The van der Waals surface area contributed by atoms with Crippen LogP contribution in [0.1, 0.15) is 31.9 Å². The molecule has 1 aromatic rings. The molecule has 1 unspecified atom stereocenters. The molecular weight excluding hydrogens is 140 g/mol. The Hall–Kier alpha value is -0.990. The van der Waals surface area contributed by atoms with Gasteiger partial charge in [-0.25, -0.2) is 0 Å². The van der Waals surface area contributed by atoms with E-state index in [0.29, 0.717) is 17.2 Å². The molecule has 0 aliphatic heterocycles. The molecule has 2 N–H and O–H groups in total. The van der Waals surface area contributed by atoms with E-state index in [9.17, 15) is 0 Å². The molecule has 1 aliphatic carbocycles. The maximum Gasteiger partial charge on any atom is 0.167 e. The molecule has 0 amide bonds. The van der Waals surface area contributed by atoms with Crippen LogP contribution in [-0.4, -0.2) is 5.16 Å². The summed E-state index contributed by atoms with van der Waals surface area (Å²) in [6.07, 6.45) is 1.18. The number of nitrogens with zero attached hydrogens (tertiary/aromatic N) is 1. The molecule has 1 saturated carbocycles. The van der Waals surface area contributed by atoms with Gasteiger partial charge in [-0.3, -0.25) is 0 Å². The summed E-state index contributed by atoms with van der Waals surface area (Å²) in [5, 5.41) is 3.65. The minimum atomic E-state index is 0.395. The zero-order chi connectivity index (χ0) is 8.06. The zero-order valence-corrected chi connectivity index (χ0v) is 6.79. The van der Waals surface area contributed by atoms with Gasteiger partial charge in [-0.15, -0.1) is 0 Å². The van der Waals surface area contributed by atoms with Gasteiger partial charge in [-0.05, 0) is 11.8 Å². The van der Waals surface area contributed by atoms with E-state index in [2.05, 4.69) is 19.0 Å². The van der Waals surface area contributed by atoms with Crippen molar-refractivity contribution in [2.45, 2.75) is 26.2 Å². The lowest BCUT2D eigenvalue weighted by Gasteiger charge is -1.96. The predicted octanol–water partition coefficient (Wildman–Crippen LogP) is 1.77. The smallest absolute Gasteiger partial charge is 0.167 e. The van der Waals surface area contributed by atoms with Gasteiger partial charge in [0, 0.05) is 12.0 Å². The summed E-state index contributed by atoms with van der Waals surface area (Å²) < 4.78 is 5.05. The molecule has 0 aromatic carbocycles. The predicted molar refractivity (Wildman–Crippen MR) is 42.1 cm³/mol. The average molecular weight is 152 g/mol. The van der Waals surface area contributed by atoms with Crippen LogP contribution in [0.2, 0.25) is 0 Å². The number of hydrogen-bond acceptors (Lipinski definition) is 3. The first-order valence-electron chi connectivity index (χ1n) is 3.82. The normalized spacial score (nSPS) is 26.9. The van der Waals surface area contributed by atoms with E-state index in [0.717, 1.165) is 5.76 Å². The quantitative estimate of drug-likeness (QED) is 0.667. The summed E-state index contributed by atoms with van der Waals surface area (Å²) in [6, 6.07) is 1.82. The van der Waals surface area contributed by atoms with E-state index >= 15 is 0 Å². The van der Waals surface area contributed by atoms with Crippen molar-refractivity contribution in [2.24, 2.45) is 5.41 Å². The number of anilines is 1. The fourth-order valence-corrected chi connectivity index (χ4v) is 1.42. The molecule has 1 atom stereocenters. The Kier molecular flexibility index (Phi) is 1.09. The fraction of sp³-hybridized carbons (Fsp3) is 0.625. The van der Waals surface area contributed by atoms with Gasteiger partial charge in [-0.1, -0.05) is 19.0 Å². The maximum absolute atomic E-state index is 5.43. The summed E-state index contributed by atoms with van der Waals surface area (Å²) in [5.74, 6) is 1.96. The van der Waals surface area contributed by atoms with Gasteiger partial charge < -0.3 is 10.3 Å². The minimum Gasteiger partial charge on any atom is -0.381 e. The van der Waals surface area contributed by atoms with E-state index in [1.54, 1.807) is 0 Å². The van der Waals surface area contributed by atoms with Crippen LogP contribution in [0, 0.1) is 5.41 Å². The van der Waals surface area contributed by atoms with E-state index in [-0.39, 0.29) is 0 Å². The number of aromatic nitrogens is 1. The van der Waals surface area contributed by atoms with Crippen molar-refractivity contribution < 1.29 is 4.52 Å². The molecule has 3 heteroatoms. The first-order valence-corrected chi connectivity index (χ1v) is 3.82. The highest BCUT2D eigenvalue weighted by Crippen LogP contribution is 2.58. The van der Waals surface area contributed by atoms with Crippen LogP contribution in [0.3, 0.4) is 0 Å². The molecule has 1 fully saturated rings. The first-order chi connectivity index (χ1) is 5.09. The van der Waals surface area contributed by atoms with E-state index in [1.165, 1.54) is 6.42 Å². The van der Waals surface area contributed by atoms with Crippen LogP contribution in [-0.2, 0) is 0 Å². The first kappa shape index (κ1) is 6.70. The zero-order valence-electron chi connectivity index (χ0n) is 6.79. The molecule has 0 bridgehead atoms. The number of hydrogen-bond donors (Lipinski definition) is 1. The van der Waals surface area contributed by atoms with Gasteiger partial charge >= 0.3 is 0 Å². The molecule has 1 heterocycles. The van der Waals surface area contributed by atoms with Crippen molar-refractivity contribution in [3.8, 4) is 0 Å². The largest absolute Gasteiger partial charge is 0.381 e. The Morgan fingerprint density at radius 2 is 2.36 bits per heavy atom. The van der Waals surface area contributed by atoms with Crippen LogP contribution in [0.15, 0.2) is 10.6 Å². The van der Waals surface area contributed by atoms with Gasteiger partial charge in [0.15, 0.2) is 5.82 Å². The Morgan fingerprint density at radius 1 is 1.73 bits per heavy atom. The van der Waals surface area contributed by atoms with Gasteiger partial charge in [0.25, 0.3) is 0 Å². The van der Waals surface area contributed by atoms with Crippen molar-refractivity contribution in [2.75, 3.05) is 5.73 Å². The summed E-state index contributed by atoms with van der Waals surface area (Å²) in [5.41, 5.74) is 5.82. The highest BCUT2D eigenvalue weighted by atomic mass is 16.5. The molecule has 1 aromatic heterocycles. The van der Waals surface area contributed by atoms with Gasteiger partial charge in [0.2, 0.25) is 0 Å². The van der Waals surface area contributed by atoms with Crippen molar-refractivity contribution in [3.63, 3.8) is 0 Å². The summed E-state index contributed by atoms with van der Waals surface area (Å²) in [7, 11) is 0. The third kappa shape index (κ3) is 1.00. The van der Waals surface area contributed by atoms with Crippen molar-refractivity contribution in [3.05, 3.63) is 11.8 Å². The maximum atomic E-state index is 5.43. The molecular formula is C8H12N2O. The number of nitrogen functional groups attached to an aromatic ring is 1. The summed E-state index contributed by atoms with van der Waals surface area (Å²) >= 11 is 0. The monoisotopic (exact) mass is 152 g/mol. The molecule has 60 valence electrons. The minimum absolute atomic E-state index is 0.395. The second kappa shape index (κ2) is 1.78. The average Bonchev–Trinajstić information content (AvgIpc) is 2.39. The van der Waals surface area contributed by atoms with Gasteiger partial charge in [0.1, 0.15) is 5.76 Å². The molecule has 0 spiro atoms. The Labute approximate surface area is 65.6 Å². The summed E-state index contributed by atoms with van der Waals surface area (Å²) in [6.45, 7) is 4.44. The highest BCUT2D eigenvalue weighted by Gasteiger charge is 2.48. The highest BCUT2D eigenvalue weighted by molar-refractivity contribution is 5.31. The van der Waals surface area contributed by atoms with Crippen LogP contribution in [0.25, 0.3) is 0 Å². The molecule has 0 radical (unpaired) electrons. The van der Waals surface area contributed by atoms with Crippen LogP contribution in [0.5, 0.6) is 0 Å². The molecule has 11 heavy (non-hydrogen) atoms. The van der Waals surface area contributed by atoms with Crippen molar-refractivity contribution in [1.82, 2.24) is 5.16 Å². The van der Waals surface area contributed by atoms with E-state index in [1.807, 2.05) is 6.07 Å². The lowest BCUT2D eigenvalue weighted by Crippen LogP contribution is -1.87. The molecule has 1 aliphatic rings. The summed E-state index contributed by atoms with van der Waals surface area (Å²) in [4.78, 5) is 0. The van der Waals surface area contributed by atoms with Crippen LogP contribution in [0.4, 0.5) is 5.82 Å². The Bertz CT molecular complexity index is 277. The van der Waals surface area contributed by atoms with Crippen LogP contribution >= 0.6 is 0 Å². The lowest BCUT2D eigenvalue weighted by molar-refractivity contribution is 0.375. The topological polar surface area (TPSA) is 52.0 Å². The van der Waals surface area contributed by atoms with Gasteiger partial charge in [-0.2, -0.15) is 0 Å². The SMILES string of the molecule is CC1(C)CC1c1cc(N)no1. The second-order valence-electron chi connectivity index (χ2n) is 3.90. The Morgan fingerprint density at radius 3 is 2.73 bits per heavy atom. The number of rotatable bonds is 1.